The first-order valence-electron chi connectivity index (χ1n) is 14.3. The van der Waals surface area contributed by atoms with E-state index < -0.39 is 18.0 Å². The van der Waals surface area contributed by atoms with Gasteiger partial charge in [-0.25, -0.2) is 0 Å². The first kappa shape index (κ1) is 31.4. The van der Waals surface area contributed by atoms with E-state index in [0.29, 0.717) is 43.7 Å². The fourth-order valence-electron chi connectivity index (χ4n) is 4.57. The van der Waals surface area contributed by atoms with Crippen LogP contribution in [0, 0.1) is 5.92 Å². The number of aryl methyl sites for hydroxylation is 1. The van der Waals surface area contributed by atoms with Crippen LogP contribution in [0.3, 0.4) is 0 Å². The zero-order valence-electron chi connectivity index (χ0n) is 24.2. The zero-order valence-corrected chi connectivity index (χ0v) is 24.2. The topological polar surface area (TPSA) is 135 Å². The molecule has 3 rings (SSSR count). The van der Waals surface area contributed by atoms with Crippen molar-refractivity contribution in [2.45, 2.75) is 64.5 Å². The molecule has 0 radical (unpaired) electrons. The molecule has 4 N–H and O–H groups in total. The molecule has 1 heterocycles. The Balaban J connectivity index is 1.71. The van der Waals surface area contributed by atoms with Gasteiger partial charge in [-0.2, -0.15) is 0 Å². The van der Waals surface area contributed by atoms with Gasteiger partial charge in [0.2, 0.25) is 17.7 Å². The van der Waals surface area contributed by atoms with Crippen molar-refractivity contribution in [3.8, 4) is 11.5 Å². The average molecular weight is 567 g/mol. The maximum Gasteiger partial charge on any atom is 0.255 e. The van der Waals surface area contributed by atoms with E-state index in [2.05, 4.69) is 21.3 Å². The number of rotatable bonds is 8. The van der Waals surface area contributed by atoms with E-state index >= 15 is 0 Å². The fourth-order valence-corrected chi connectivity index (χ4v) is 4.57. The van der Waals surface area contributed by atoms with Gasteiger partial charge in [0, 0.05) is 19.5 Å². The molecule has 0 bridgehead atoms. The molecule has 2 aromatic carbocycles. The second-order valence-corrected chi connectivity index (χ2v) is 10.5. The van der Waals surface area contributed by atoms with Gasteiger partial charge in [-0.3, -0.25) is 19.2 Å². The third kappa shape index (κ3) is 10.4. The second-order valence-electron chi connectivity index (χ2n) is 10.5. The summed E-state index contributed by atoms with van der Waals surface area (Å²) in [5.74, 6) is -0.105. The minimum Gasteiger partial charge on any atom is -0.497 e. The van der Waals surface area contributed by atoms with Crippen LogP contribution < -0.4 is 30.7 Å². The Morgan fingerprint density at radius 2 is 1.90 bits per heavy atom. The standard InChI is InChI=1S/C31H42N4O6/c1-21(2)19-26-31(39)33-17-8-18-41-27-13-5-4-12-24(27)29(37)35-25(14-15-28(36)34-26)30(38)32-16-7-10-22-9-6-11-23(20-22)40-3/h4-6,9,11-13,20-21,25-26H,7-8,10,14-19H2,1-3H3,(H,32,38)(H,33,39)(H,34,36)(H,35,37)/t25-,26+/m0/s1. The van der Waals surface area contributed by atoms with Crippen molar-refractivity contribution >= 4 is 23.6 Å². The van der Waals surface area contributed by atoms with Crippen molar-refractivity contribution in [3.05, 3.63) is 59.7 Å². The van der Waals surface area contributed by atoms with E-state index in [9.17, 15) is 19.2 Å². The number of carbonyl (C=O) groups is 4. The van der Waals surface area contributed by atoms with Crippen molar-refractivity contribution in [3.63, 3.8) is 0 Å². The van der Waals surface area contributed by atoms with E-state index in [4.69, 9.17) is 9.47 Å². The summed E-state index contributed by atoms with van der Waals surface area (Å²) < 4.78 is 11.1. The molecule has 0 spiro atoms. The molecule has 0 saturated heterocycles. The summed E-state index contributed by atoms with van der Waals surface area (Å²) in [6, 6.07) is 12.9. The maximum absolute atomic E-state index is 13.2. The molecule has 0 aliphatic carbocycles. The van der Waals surface area contributed by atoms with Crippen LogP contribution in [-0.4, -0.2) is 62.5 Å². The molecule has 10 nitrogen and oxygen atoms in total. The molecule has 4 amide bonds. The molecular weight excluding hydrogens is 524 g/mol. The quantitative estimate of drug-likeness (QED) is 0.363. The van der Waals surface area contributed by atoms with Crippen molar-refractivity contribution in [1.82, 2.24) is 21.3 Å². The molecule has 2 aromatic rings. The van der Waals surface area contributed by atoms with Crippen molar-refractivity contribution in [1.29, 1.82) is 0 Å². The van der Waals surface area contributed by atoms with Gasteiger partial charge in [0.15, 0.2) is 0 Å². The molecule has 1 aliphatic rings. The molecule has 41 heavy (non-hydrogen) atoms. The average Bonchev–Trinajstić information content (AvgIpc) is 2.96. The van der Waals surface area contributed by atoms with E-state index in [1.54, 1.807) is 31.4 Å². The van der Waals surface area contributed by atoms with E-state index in [1.807, 2.05) is 38.1 Å². The Morgan fingerprint density at radius 3 is 2.68 bits per heavy atom. The van der Waals surface area contributed by atoms with Gasteiger partial charge >= 0.3 is 0 Å². The first-order valence-corrected chi connectivity index (χ1v) is 14.3. The predicted octanol–water partition coefficient (Wildman–Crippen LogP) is 2.75. The zero-order chi connectivity index (χ0) is 29.6. The molecule has 1 aliphatic heterocycles. The lowest BCUT2D eigenvalue weighted by Gasteiger charge is -2.22. The van der Waals surface area contributed by atoms with Crippen LogP contribution >= 0.6 is 0 Å². The summed E-state index contributed by atoms with van der Waals surface area (Å²) in [6.45, 7) is 5.01. The second kappa shape index (κ2) is 16.2. The number of nitrogens with one attached hydrogen (secondary N) is 4. The van der Waals surface area contributed by atoms with Crippen LogP contribution in [0.25, 0.3) is 0 Å². The van der Waals surface area contributed by atoms with Gasteiger partial charge in [-0.05, 0) is 67.9 Å². The smallest absolute Gasteiger partial charge is 0.255 e. The van der Waals surface area contributed by atoms with Gasteiger partial charge < -0.3 is 30.7 Å². The largest absolute Gasteiger partial charge is 0.497 e. The highest BCUT2D eigenvalue weighted by Crippen LogP contribution is 2.19. The third-order valence-corrected chi connectivity index (χ3v) is 6.73. The van der Waals surface area contributed by atoms with Crippen LogP contribution in [0.15, 0.2) is 48.5 Å². The highest BCUT2D eigenvalue weighted by molar-refractivity contribution is 5.99. The summed E-state index contributed by atoms with van der Waals surface area (Å²) >= 11 is 0. The number of amides is 4. The van der Waals surface area contributed by atoms with Crippen molar-refractivity contribution in [2.24, 2.45) is 5.92 Å². The lowest BCUT2D eigenvalue weighted by Crippen LogP contribution is -2.49. The highest BCUT2D eigenvalue weighted by atomic mass is 16.5. The lowest BCUT2D eigenvalue weighted by atomic mass is 10.0. The van der Waals surface area contributed by atoms with E-state index in [0.717, 1.165) is 17.7 Å². The molecule has 2 atom stereocenters. The van der Waals surface area contributed by atoms with Gasteiger partial charge in [0.05, 0.1) is 19.3 Å². The van der Waals surface area contributed by atoms with E-state index in [1.165, 1.54) is 0 Å². The van der Waals surface area contributed by atoms with Crippen LogP contribution in [0.5, 0.6) is 11.5 Å². The minimum absolute atomic E-state index is 0.0395. The highest BCUT2D eigenvalue weighted by Gasteiger charge is 2.26. The Hall–Kier alpha value is -4.08. The van der Waals surface area contributed by atoms with Crippen LogP contribution in [0.4, 0.5) is 0 Å². The van der Waals surface area contributed by atoms with Crippen LogP contribution in [0.2, 0.25) is 0 Å². The minimum atomic E-state index is -0.955. The lowest BCUT2D eigenvalue weighted by molar-refractivity contribution is -0.129. The number of para-hydroxylation sites is 1. The normalized spacial score (nSPS) is 18.8. The number of hydrogen-bond acceptors (Lipinski definition) is 6. The molecule has 10 heteroatoms. The SMILES string of the molecule is COc1cccc(CCCNC(=O)[C@@H]2CCC(=O)N[C@H](CC(C)C)C(=O)NCCCOc3ccccc3C(=O)N2)c1. The molecule has 0 saturated carbocycles. The first-order chi connectivity index (χ1) is 19.8. The summed E-state index contributed by atoms with van der Waals surface area (Å²) in [7, 11) is 1.62. The molecule has 222 valence electrons. The summed E-state index contributed by atoms with van der Waals surface area (Å²) in [5.41, 5.74) is 1.38. The maximum atomic E-state index is 13.2. The Bertz CT molecular complexity index is 1180. The monoisotopic (exact) mass is 566 g/mol. The van der Waals surface area contributed by atoms with Crippen molar-refractivity contribution in [2.75, 3.05) is 26.8 Å². The van der Waals surface area contributed by atoms with Gasteiger partial charge in [-0.15, -0.1) is 0 Å². The predicted molar refractivity (Wildman–Crippen MR) is 156 cm³/mol. The molecule has 0 unspecified atom stereocenters. The van der Waals surface area contributed by atoms with Gasteiger partial charge in [-0.1, -0.05) is 38.1 Å². The number of methoxy groups -OCH3 is 1. The Kier molecular flexibility index (Phi) is 12.5. The van der Waals surface area contributed by atoms with Crippen LogP contribution in [-0.2, 0) is 20.8 Å². The summed E-state index contributed by atoms with van der Waals surface area (Å²) in [5, 5.41) is 11.4. The number of ether oxygens (including phenoxy) is 2. The number of carbonyl (C=O) groups excluding carboxylic acids is 4. The summed E-state index contributed by atoms with van der Waals surface area (Å²) in [6.07, 6.45) is 2.45. The fraction of sp³-hybridized carbons (Fsp3) is 0.484. The van der Waals surface area contributed by atoms with Crippen molar-refractivity contribution < 1.29 is 28.7 Å². The number of hydrogen-bond donors (Lipinski definition) is 4. The Morgan fingerprint density at radius 1 is 1.10 bits per heavy atom. The van der Waals surface area contributed by atoms with E-state index in [-0.39, 0.29) is 43.1 Å². The molecule has 0 aromatic heterocycles. The summed E-state index contributed by atoms with van der Waals surface area (Å²) in [4.78, 5) is 52.1. The molecular formula is C31H42N4O6. The molecule has 0 fully saturated rings. The van der Waals surface area contributed by atoms with Gasteiger partial charge in [0.1, 0.15) is 23.6 Å². The Labute approximate surface area is 241 Å². The number of benzene rings is 2. The van der Waals surface area contributed by atoms with Crippen LogP contribution in [0.1, 0.15) is 61.9 Å². The van der Waals surface area contributed by atoms with Gasteiger partial charge in [0.25, 0.3) is 5.91 Å². The third-order valence-electron chi connectivity index (χ3n) is 6.73. The number of fused-ring (bicyclic) bond motifs is 1.